The maximum atomic E-state index is 12.8. The molecule has 1 N–H and O–H groups in total. The van der Waals surface area contributed by atoms with E-state index in [0.29, 0.717) is 0 Å². The fourth-order valence-corrected chi connectivity index (χ4v) is 2.05. The van der Waals surface area contributed by atoms with Gasteiger partial charge in [0.15, 0.2) is 0 Å². The first-order valence-electron chi connectivity index (χ1n) is 6.37. The molecule has 3 heteroatoms. The minimum Gasteiger partial charge on any atom is -0.388 e. The smallest absolute Gasteiger partial charge is 0.123 e. The lowest BCUT2D eigenvalue weighted by Crippen LogP contribution is -2.17. The molecule has 0 aliphatic carbocycles. The van der Waals surface area contributed by atoms with E-state index in [1.165, 1.54) is 17.7 Å². The summed E-state index contributed by atoms with van der Waals surface area (Å²) in [7, 11) is 3.98. The summed E-state index contributed by atoms with van der Waals surface area (Å²) in [6.45, 7) is 1.69. The predicted octanol–water partition coefficient (Wildman–Crippen LogP) is 3.50. The van der Waals surface area contributed by atoms with Crippen LogP contribution in [-0.4, -0.2) is 19.0 Å². The molecule has 0 bridgehead atoms. The molecule has 0 aliphatic heterocycles. The Balaban J connectivity index is 1.92. The molecule has 0 saturated heterocycles. The van der Waals surface area contributed by atoms with Gasteiger partial charge < -0.3 is 5.32 Å². The first kappa shape index (κ1) is 13.6. The maximum absolute atomic E-state index is 12.8. The Morgan fingerprint density at radius 2 is 1.37 bits per heavy atom. The number of rotatable bonds is 5. The summed E-state index contributed by atoms with van der Waals surface area (Å²) in [6.07, 6.45) is 0. The Kier molecular flexibility index (Phi) is 4.53. The van der Waals surface area contributed by atoms with Gasteiger partial charge in [-0.1, -0.05) is 24.3 Å². The average molecular weight is 258 g/mol. The molecule has 0 fully saturated rings. The SMILES string of the molecule is CNc1ccc(CN(C)Cc2ccc(F)cc2)cc1. The van der Waals surface area contributed by atoms with Gasteiger partial charge in [-0.2, -0.15) is 0 Å². The van der Waals surface area contributed by atoms with Crippen LogP contribution in [0.2, 0.25) is 0 Å². The van der Waals surface area contributed by atoms with Gasteiger partial charge in [0, 0.05) is 25.8 Å². The zero-order valence-corrected chi connectivity index (χ0v) is 11.4. The third kappa shape index (κ3) is 4.07. The number of benzene rings is 2. The van der Waals surface area contributed by atoms with Crippen molar-refractivity contribution < 1.29 is 4.39 Å². The van der Waals surface area contributed by atoms with E-state index in [9.17, 15) is 4.39 Å². The molecule has 19 heavy (non-hydrogen) atoms. The molecule has 2 nitrogen and oxygen atoms in total. The molecule has 0 unspecified atom stereocenters. The van der Waals surface area contributed by atoms with Crippen LogP contribution < -0.4 is 5.32 Å². The van der Waals surface area contributed by atoms with E-state index in [1.54, 1.807) is 0 Å². The van der Waals surface area contributed by atoms with Crippen LogP contribution in [0, 0.1) is 5.82 Å². The summed E-state index contributed by atoms with van der Waals surface area (Å²) < 4.78 is 12.8. The van der Waals surface area contributed by atoms with E-state index in [1.807, 2.05) is 19.2 Å². The Hall–Kier alpha value is -1.87. The van der Waals surface area contributed by atoms with Gasteiger partial charge in [0.25, 0.3) is 0 Å². The Bertz CT molecular complexity index is 505. The first-order chi connectivity index (χ1) is 9.17. The molecule has 0 aliphatic rings. The zero-order valence-electron chi connectivity index (χ0n) is 11.4. The molecule has 2 aromatic carbocycles. The molecule has 0 radical (unpaired) electrons. The molecule has 0 heterocycles. The highest BCUT2D eigenvalue weighted by Crippen LogP contribution is 2.12. The Morgan fingerprint density at radius 1 is 0.895 bits per heavy atom. The number of hydrogen-bond acceptors (Lipinski definition) is 2. The van der Waals surface area contributed by atoms with Gasteiger partial charge in [0.1, 0.15) is 5.82 Å². The van der Waals surface area contributed by atoms with Crippen molar-refractivity contribution in [1.82, 2.24) is 4.90 Å². The number of nitrogens with one attached hydrogen (secondary N) is 1. The van der Waals surface area contributed by atoms with Gasteiger partial charge in [-0.25, -0.2) is 4.39 Å². The Labute approximate surface area is 113 Å². The monoisotopic (exact) mass is 258 g/mol. The lowest BCUT2D eigenvalue weighted by atomic mass is 10.1. The summed E-state index contributed by atoms with van der Waals surface area (Å²) >= 11 is 0. The van der Waals surface area contributed by atoms with Crippen molar-refractivity contribution in [1.29, 1.82) is 0 Å². The van der Waals surface area contributed by atoms with Gasteiger partial charge >= 0.3 is 0 Å². The van der Waals surface area contributed by atoms with Crippen LogP contribution in [0.4, 0.5) is 10.1 Å². The average Bonchev–Trinajstić information content (AvgIpc) is 2.42. The van der Waals surface area contributed by atoms with Crippen molar-refractivity contribution in [3.8, 4) is 0 Å². The van der Waals surface area contributed by atoms with Crippen molar-refractivity contribution in [3.05, 3.63) is 65.5 Å². The predicted molar refractivity (Wildman–Crippen MR) is 77.6 cm³/mol. The second-order valence-corrected chi connectivity index (χ2v) is 4.75. The minimum atomic E-state index is -0.186. The van der Waals surface area contributed by atoms with Gasteiger partial charge in [-0.3, -0.25) is 4.90 Å². The summed E-state index contributed by atoms with van der Waals surface area (Å²) in [4.78, 5) is 2.21. The standard InChI is InChI=1S/C16H19FN2/c1-18-16-9-5-14(6-10-16)12-19(2)11-13-3-7-15(17)8-4-13/h3-10,18H,11-12H2,1-2H3. The fraction of sp³-hybridized carbons (Fsp3) is 0.250. The van der Waals surface area contributed by atoms with Crippen molar-refractivity contribution in [2.45, 2.75) is 13.1 Å². The Morgan fingerprint density at radius 3 is 1.84 bits per heavy atom. The minimum absolute atomic E-state index is 0.186. The molecule has 0 saturated carbocycles. The van der Waals surface area contributed by atoms with Crippen LogP contribution in [0.15, 0.2) is 48.5 Å². The van der Waals surface area contributed by atoms with Crippen LogP contribution in [0.25, 0.3) is 0 Å². The largest absolute Gasteiger partial charge is 0.388 e. The summed E-state index contributed by atoms with van der Waals surface area (Å²) in [6, 6.07) is 15.0. The van der Waals surface area contributed by atoms with E-state index < -0.39 is 0 Å². The molecule has 100 valence electrons. The third-order valence-corrected chi connectivity index (χ3v) is 3.06. The molecule has 2 aromatic rings. The van der Waals surface area contributed by atoms with E-state index in [0.717, 1.165) is 24.3 Å². The van der Waals surface area contributed by atoms with Crippen molar-refractivity contribution in [3.63, 3.8) is 0 Å². The van der Waals surface area contributed by atoms with Crippen LogP contribution in [-0.2, 0) is 13.1 Å². The topological polar surface area (TPSA) is 15.3 Å². The van der Waals surface area contributed by atoms with E-state index in [2.05, 4.69) is 41.5 Å². The van der Waals surface area contributed by atoms with Crippen LogP contribution in [0.3, 0.4) is 0 Å². The normalized spacial score (nSPS) is 10.7. The van der Waals surface area contributed by atoms with Gasteiger partial charge in [0.2, 0.25) is 0 Å². The molecular weight excluding hydrogens is 239 g/mol. The molecule has 0 spiro atoms. The first-order valence-corrected chi connectivity index (χ1v) is 6.37. The maximum Gasteiger partial charge on any atom is 0.123 e. The second-order valence-electron chi connectivity index (χ2n) is 4.75. The zero-order chi connectivity index (χ0) is 13.7. The van der Waals surface area contributed by atoms with Crippen molar-refractivity contribution in [2.24, 2.45) is 0 Å². The number of halogens is 1. The highest BCUT2D eigenvalue weighted by atomic mass is 19.1. The number of hydrogen-bond donors (Lipinski definition) is 1. The highest BCUT2D eigenvalue weighted by molar-refractivity contribution is 5.43. The third-order valence-electron chi connectivity index (χ3n) is 3.06. The summed E-state index contributed by atoms with van der Waals surface area (Å²) in [5.74, 6) is -0.186. The van der Waals surface area contributed by atoms with Gasteiger partial charge in [0.05, 0.1) is 0 Å². The van der Waals surface area contributed by atoms with E-state index in [4.69, 9.17) is 0 Å². The van der Waals surface area contributed by atoms with Crippen LogP contribution in [0.1, 0.15) is 11.1 Å². The van der Waals surface area contributed by atoms with E-state index in [-0.39, 0.29) is 5.82 Å². The van der Waals surface area contributed by atoms with Gasteiger partial charge in [-0.15, -0.1) is 0 Å². The van der Waals surface area contributed by atoms with Crippen molar-refractivity contribution >= 4 is 5.69 Å². The number of anilines is 1. The quantitative estimate of drug-likeness (QED) is 0.883. The lowest BCUT2D eigenvalue weighted by molar-refractivity contribution is 0.319. The van der Waals surface area contributed by atoms with Gasteiger partial charge in [-0.05, 0) is 42.4 Å². The molecule has 2 rings (SSSR count). The summed E-state index contributed by atoms with van der Waals surface area (Å²) in [5, 5.41) is 3.10. The molecular formula is C16H19FN2. The fourth-order valence-electron chi connectivity index (χ4n) is 2.05. The van der Waals surface area contributed by atoms with E-state index >= 15 is 0 Å². The summed E-state index contributed by atoms with van der Waals surface area (Å²) in [5.41, 5.74) is 3.50. The molecule has 0 atom stereocenters. The van der Waals surface area contributed by atoms with Crippen LogP contribution >= 0.6 is 0 Å². The number of nitrogens with zero attached hydrogens (tertiary/aromatic N) is 1. The highest BCUT2D eigenvalue weighted by Gasteiger charge is 2.02. The van der Waals surface area contributed by atoms with Crippen LogP contribution in [0.5, 0.6) is 0 Å². The van der Waals surface area contributed by atoms with Crippen molar-refractivity contribution in [2.75, 3.05) is 19.4 Å². The lowest BCUT2D eigenvalue weighted by Gasteiger charge is -2.17. The molecule has 0 aromatic heterocycles. The second kappa shape index (κ2) is 6.34. The molecule has 0 amide bonds.